The Labute approximate surface area is 749 Å². The minimum atomic E-state index is -0.833. The van der Waals surface area contributed by atoms with Crippen LogP contribution in [0.5, 0.6) is 0 Å². The fourth-order valence-electron chi connectivity index (χ4n) is 9.55. The molecule has 5 aliphatic rings. The molecule has 0 atom stereocenters. The Bertz CT molecular complexity index is 4970. The number of carbonyl (C=O) groups is 6. The van der Waals surface area contributed by atoms with E-state index in [1.165, 1.54) is 83.3 Å². The van der Waals surface area contributed by atoms with E-state index in [2.05, 4.69) is 0 Å². The van der Waals surface area contributed by atoms with E-state index >= 15 is 0 Å². The Hall–Kier alpha value is -6.88. The molecule has 0 bridgehead atoms. The lowest BCUT2D eigenvalue weighted by atomic mass is 10.2. The molecule has 0 radical (unpaired) electrons. The molecule has 5 saturated heterocycles. The number of hydrogen-bond donors (Lipinski definition) is 1. The summed E-state index contributed by atoms with van der Waals surface area (Å²) < 4.78 is 31.4. The molecule has 0 unspecified atom stereocenters. The van der Waals surface area contributed by atoms with Gasteiger partial charge in [0.2, 0.25) is 0 Å². The minimum Gasteiger partial charge on any atom is -0.481 e. The summed E-state index contributed by atoms with van der Waals surface area (Å²) in [4.78, 5) is 78.7. The predicted octanol–water partition coefficient (Wildman–Crippen LogP) is 25.5. The summed E-state index contributed by atoms with van der Waals surface area (Å²) in [5, 5.41) is 12.2. The first kappa shape index (κ1) is 89.5. The molecule has 114 heavy (non-hydrogen) atoms. The molecule has 37 heteroatoms. The van der Waals surface area contributed by atoms with Crippen LogP contribution in [0.4, 0.5) is 0 Å². The van der Waals surface area contributed by atoms with E-state index in [4.69, 9.17) is 209 Å². The number of carboxylic acid groups (broad SMARTS) is 1. The van der Waals surface area contributed by atoms with Gasteiger partial charge in [-0.1, -0.05) is 236 Å². The smallest absolute Gasteiger partial charge is 0.300 e. The van der Waals surface area contributed by atoms with E-state index in [1.807, 2.05) is 60.7 Å². The molecule has 0 saturated carbocycles. The van der Waals surface area contributed by atoms with Gasteiger partial charge in [0, 0.05) is 100 Å². The summed E-state index contributed by atoms with van der Waals surface area (Å²) in [6.45, 7) is 1.08. The van der Waals surface area contributed by atoms with Crippen LogP contribution >= 0.6 is 236 Å². The van der Waals surface area contributed by atoms with E-state index in [-0.39, 0.29) is 29.5 Å². The molecule has 17 nitrogen and oxygen atoms in total. The van der Waals surface area contributed by atoms with Crippen molar-refractivity contribution in [1.82, 2.24) is 24.5 Å². The number of nitrogens with zero attached hydrogens (tertiary/aromatic N) is 5. The average Bonchev–Trinajstić information content (AvgIpc) is 1.68. The molecule has 584 valence electrons. The van der Waals surface area contributed by atoms with Crippen molar-refractivity contribution in [2.45, 2.75) is 6.92 Å². The molecule has 0 aliphatic carbocycles. The maximum Gasteiger partial charge on any atom is 0.300 e. The van der Waals surface area contributed by atoms with Gasteiger partial charge in [-0.25, -0.2) is 0 Å². The van der Waals surface area contributed by atoms with Crippen molar-refractivity contribution in [1.29, 1.82) is 0 Å². The molecule has 10 aromatic rings. The molecule has 5 aliphatic heterocycles. The number of aliphatic carboxylic acids is 1. The molecule has 15 rings (SSSR count). The normalized spacial score (nSPS) is 16.5. The maximum atomic E-state index is 12.0. The second-order valence-corrected chi connectivity index (χ2v) is 35.8. The number of carbonyl (C=O) groups excluding carboxylic acids is 5. The summed E-state index contributed by atoms with van der Waals surface area (Å²) in [6, 6.07) is 44.4. The summed E-state index contributed by atoms with van der Waals surface area (Å²) in [5.41, 5.74) is 4.08. The molecule has 5 aromatic heterocycles. The molecule has 5 amide bonds. The number of likely N-dealkylation sites (N-methyl/N-ethyl adjacent to an activating group) is 5. The molecule has 5 aromatic carbocycles. The summed E-state index contributed by atoms with van der Waals surface area (Å²) in [5.74, 6) is 4.70. The Morgan fingerprint density at radius 2 is 0.439 bits per heavy atom. The van der Waals surface area contributed by atoms with Crippen LogP contribution in [0.15, 0.2) is 198 Å². The van der Waals surface area contributed by atoms with Gasteiger partial charge in [-0.3, -0.25) is 53.3 Å². The third-order valence-corrected chi connectivity index (χ3v) is 26.6. The van der Waals surface area contributed by atoms with E-state index in [9.17, 15) is 24.0 Å². The lowest BCUT2D eigenvalue weighted by molar-refractivity contribution is -0.134. The average molecular weight is 1910 g/mol. The lowest BCUT2D eigenvalue weighted by Gasteiger charge is -2.03. The number of thiocarbonyl (C=S) groups is 5. The van der Waals surface area contributed by atoms with Gasteiger partial charge in [0.15, 0.2) is 0 Å². The van der Waals surface area contributed by atoms with Crippen LogP contribution in [0.1, 0.15) is 35.7 Å². The number of carboxylic acids is 1. The SMILES string of the molecule is CC(=O)O.CN1C(=O)/C(=C/c2ccc(-c3ccc(Cl)c(Cl)c3)o2)SC1=S.CN1C(=O)/C(=C/c2ccc(-c3ccc(Cl)c(Cl)c3)o2)SC1=S.CN1C(=O)/C(=C/c2ccc(-c3ccc(Cl)c(Cl)c3)o2)SC1=S.CN1C(=O)/C(=C/c2ccc(-c3ccc(Cl)c(Cl)c3)o2)SC1=S.CN1C(=O)/C(=C/c2ccc(-c3ccc(Cl)c(Cl)c3)o2)SC1=S. The molecule has 5 fully saturated rings. The quantitative estimate of drug-likeness (QED) is 0.0998. The highest BCUT2D eigenvalue weighted by atomic mass is 35.5. The monoisotopic (exact) mass is 1900 g/mol. The van der Waals surface area contributed by atoms with Crippen molar-refractivity contribution in [3.05, 3.63) is 255 Å². The van der Waals surface area contributed by atoms with Gasteiger partial charge >= 0.3 is 0 Å². The standard InChI is InChI=1S/5C15H9Cl2NO2S2.C2H4O2/c5*1-18-14(19)13(22-15(18)21)7-9-3-5-12(20-9)8-2-4-10(16)11(17)6-8;1-2(3)4/h5*2-7H,1H3;1H3,(H,3,4)/b5*13-7-;. The number of halogens is 10. The highest BCUT2D eigenvalue weighted by Gasteiger charge is 2.33. The van der Waals surface area contributed by atoms with Crippen LogP contribution in [-0.4, -0.2) is 122 Å². The maximum absolute atomic E-state index is 12.0. The van der Waals surface area contributed by atoms with Crippen LogP contribution in [0.25, 0.3) is 87.0 Å². The van der Waals surface area contributed by atoms with Gasteiger partial charge in [0.05, 0.1) is 74.8 Å². The molecular weight excluding hydrogens is 1860 g/mol. The van der Waals surface area contributed by atoms with Gasteiger partial charge in [-0.05, 0) is 152 Å². The van der Waals surface area contributed by atoms with Crippen molar-refractivity contribution in [3.63, 3.8) is 0 Å². The highest BCUT2D eigenvalue weighted by Crippen LogP contribution is 2.41. The minimum absolute atomic E-state index is 0.123. The Morgan fingerprint density at radius 3 is 0.561 bits per heavy atom. The van der Waals surface area contributed by atoms with Crippen LogP contribution in [-0.2, 0) is 28.8 Å². The zero-order valence-electron chi connectivity index (χ0n) is 58.9. The van der Waals surface area contributed by atoms with E-state index in [0.717, 1.165) is 34.7 Å². The molecular formula is C77H49Cl10N5O12S10. The van der Waals surface area contributed by atoms with Gasteiger partial charge in [0.1, 0.15) is 79.2 Å². The van der Waals surface area contributed by atoms with Crippen molar-refractivity contribution >= 4 is 323 Å². The van der Waals surface area contributed by atoms with Crippen LogP contribution in [0.2, 0.25) is 50.2 Å². The summed E-state index contributed by atoms with van der Waals surface area (Å²) in [6.07, 6.45) is 8.42. The van der Waals surface area contributed by atoms with Crippen molar-refractivity contribution < 1.29 is 56.0 Å². The number of rotatable bonds is 10. The molecule has 1 N–H and O–H groups in total. The zero-order chi connectivity index (χ0) is 82.8. The second kappa shape index (κ2) is 40.0. The lowest BCUT2D eigenvalue weighted by Crippen LogP contribution is -2.22. The Kier molecular flexibility index (Phi) is 31.4. The summed E-state index contributed by atoms with van der Waals surface area (Å²) in [7, 11) is 8.27. The van der Waals surface area contributed by atoms with Gasteiger partial charge < -0.3 is 27.2 Å². The van der Waals surface area contributed by atoms with E-state index < -0.39 is 5.97 Å². The first-order chi connectivity index (χ1) is 54.0. The Balaban J connectivity index is 0.000000149. The second-order valence-electron chi connectivity index (χ2n) is 23.4. The first-order valence-electron chi connectivity index (χ1n) is 32.0. The summed E-state index contributed by atoms with van der Waals surface area (Å²) >= 11 is 91.3. The number of thioether (sulfide) groups is 5. The first-order valence-corrected chi connectivity index (χ1v) is 41.9. The van der Waals surface area contributed by atoms with Gasteiger partial charge in [0.25, 0.3) is 35.5 Å². The zero-order valence-corrected chi connectivity index (χ0v) is 74.6. The van der Waals surface area contributed by atoms with Crippen molar-refractivity contribution in [2.24, 2.45) is 0 Å². The fourth-order valence-corrected chi connectivity index (χ4v) is 16.8. The highest BCUT2D eigenvalue weighted by molar-refractivity contribution is 8.28. The van der Waals surface area contributed by atoms with Crippen molar-refractivity contribution in [2.75, 3.05) is 35.2 Å². The van der Waals surface area contributed by atoms with Gasteiger partial charge in [-0.2, -0.15) is 0 Å². The van der Waals surface area contributed by atoms with Crippen LogP contribution < -0.4 is 0 Å². The number of amides is 5. The third-order valence-electron chi connectivity index (χ3n) is 15.5. The molecule has 0 spiro atoms. The number of benzene rings is 5. The van der Waals surface area contributed by atoms with Gasteiger partial charge in [-0.15, -0.1) is 0 Å². The Morgan fingerprint density at radius 1 is 0.289 bits per heavy atom. The van der Waals surface area contributed by atoms with E-state index in [0.29, 0.717) is 154 Å². The number of furan rings is 5. The fraction of sp³-hybridized carbons (Fsp3) is 0.0779. The van der Waals surface area contributed by atoms with Crippen LogP contribution in [0, 0.1) is 0 Å². The predicted molar refractivity (Wildman–Crippen MR) is 489 cm³/mol. The third kappa shape index (κ3) is 22.9. The number of hydrogen-bond acceptors (Lipinski definition) is 21. The van der Waals surface area contributed by atoms with Crippen LogP contribution in [0.3, 0.4) is 0 Å². The van der Waals surface area contributed by atoms with E-state index in [1.54, 1.807) is 157 Å². The molecule has 10 heterocycles. The van der Waals surface area contributed by atoms with Crippen molar-refractivity contribution in [3.8, 4) is 56.6 Å². The topological polar surface area (TPSA) is 205 Å². The largest absolute Gasteiger partial charge is 0.481 e.